The van der Waals surface area contributed by atoms with Gasteiger partial charge in [-0.25, -0.2) is 4.79 Å². The van der Waals surface area contributed by atoms with Crippen molar-refractivity contribution in [3.8, 4) is 0 Å². The summed E-state index contributed by atoms with van der Waals surface area (Å²) in [6, 6.07) is 9.36. The van der Waals surface area contributed by atoms with Crippen LogP contribution < -0.4 is 0 Å². The summed E-state index contributed by atoms with van der Waals surface area (Å²) in [6.45, 7) is 3.38. The van der Waals surface area contributed by atoms with Crippen LogP contribution in [0.15, 0.2) is 46.6 Å². The molecule has 2 N–H and O–H groups in total. The number of cyclic esters (lactones) is 1. The van der Waals surface area contributed by atoms with Gasteiger partial charge >= 0.3 is 5.97 Å². The van der Waals surface area contributed by atoms with E-state index < -0.39 is 34.6 Å². The van der Waals surface area contributed by atoms with Gasteiger partial charge in [0.15, 0.2) is 11.5 Å². The number of carbonyl (C=O) groups is 2. The fourth-order valence-corrected chi connectivity index (χ4v) is 5.07. The van der Waals surface area contributed by atoms with Crippen molar-refractivity contribution < 1.29 is 29.3 Å². The van der Waals surface area contributed by atoms with E-state index in [1.165, 1.54) is 11.8 Å². The van der Waals surface area contributed by atoms with Gasteiger partial charge in [-0.15, -0.1) is 0 Å². The van der Waals surface area contributed by atoms with E-state index >= 15 is 0 Å². The topological polar surface area (TPSA) is 93.1 Å². The molecule has 5 atom stereocenters. The molecule has 0 spiro atoms. The minimum atomic E-state index is -1.21. The number of hydrogen-bond acceptors (Lipinski definition) is 7. The zero-order chi connectivity index (χ0) is 18.7. The van der Waals surface area contributed by atoms with E-state index in [1.54, 1.807) is 13.8 Å². The molecule has 0 saturated heterocycles. The van der Waals surface area contributed by atoms with E-state index in [1.807, 2.05) is 30.3 Å². The van der Waals surface area contributed by atoms with Crippen molar-refractivity contribution in [2.75, 3.05) is 0 Å². The molecule has 1 aromatic carbocycles. The number of fused-ring (bicyclic) bond motifs is 2. The van der Waals surface area contributed by atoms with Crippen LogP contribution in [0.5, 0.6) is 0 Å². The third-order valence-corrected chi connectivity index (χ3v) is 6.48. The Bertz CT molecular complexity index is 806. The van der Waals surface area contributed by atoms with Gasteiger partial charge < -0.3 is 19.7 Å². The van der Waals surface area contributed by atoms with Crippen LogP contribution in [-0.4, -0.2) is 45.2 Å². The van der Waals surface area contributed by atoms with Gasteiger partial charge in [-0.2, -0.15) is 0 Å². The molecule has 26 heavy (non-hydrogen) atoms. The minimum Gasteiger partial charge on any atom is -0.486 e. The molecule has 0 aromatic heterocycles. The van der Waals surface area contributed by atoms with Crippen LogP contribution in [0.2, 0.25) is 0 Å². The maximum Gasteiger partial charge on any atom is 0.347 e. The summed E-state index contributed by atoms with van der Waals surface area (Å²) in [7, 11) is 0. The van der Waals surface area contributed by atoms with Crippen LogP contribution in [-0.2, 0) is 19.1 Å². The van der Waals surface area contributed by atoms with Crippen LogP contribution >= 0.6 is 11.8 Å². The Balaban J connectivity index is 1.78. The Kier molecular flexibility index (Phi) is 3.95. The van der Waals surface area contributed by atoms with Crippen molar-refractivity contribution in [2.24, 2.45) is 5.41 Å². The van der Waals surface area contributed by atoms with E-state index in [9.17, 15) is 19.8 Å². The standard InChI is InChI=1S/C19H20O6S/c1-18-8-11(20)14(21)12(9-18)24-16-13(15(18)22)17(23)25-19(16,2)26-10-6-4-3-5-7-10/h3-7,11-12,14,20-21H,8-9H2,1-2H3/t11-,12-,14-,18-,19-/m0/s1. The first-order chi connectivity index (χ1) is 12.2. The van der Waals surface area contributed by atoms with E-state index in [0.29, 0.717) is 0 Å². The molecule has 7 heteroatoms. The summed E-state index contributed by atoms with van der Waals surface area (Å²) < 4.78 is 11.5. The molecule has 0 radical (unpaired) electrons. The Morgan fingerprint density at radius 3 is 2.50 bits per heavy atom. The van der Waals surface area contributed by atoms with Gasteiger partial charge in [0.2, 0.25) is 4.93 Å². The zero-order valence-electron chi connectivity index (χ0n) is 14.5. The van der Waals surface area contributed by atoms with Crippen molar-refractivity contribution >= 4 is 23.5 Å². The van der Waals surface area contributed by atoms with Crippen molar-refractivity contribution in [2.45, 2.75) is 54.8 Å². The lowest BCUT2D eigenvalue weighted by Gasteiger charge is -2.41. The molecule has 138 valence electrons. The number of ether oxygens (including phenoxy) is 2. The summed E-state index contributed by atoms with van der Waals surface area (Å²) in [5.74, 6) is -0.958. The normalized spacial score (nSPS) is 39.2. The molecule has 2 heterocycles. The molecule has 4 rings (SSSR count). The molecule has 0 amide bonds. The highest BCUT2D eigenvalue weighted by molar-refractivity contribution is 8.00. The molecule has 3 aliphatic rings. The monoisotopic (exact) mass is 376 g/mol. The van der Waals surface area contributed by atoms with Gasteiger partial charge in [0.05, 0.1) is 6.10 Å². The summed E-state index contributed by atoms with van der Waals surface area (Å²) in [5.41, 5.74) is -1.07. The lowest BCUT2D eigenvalue weighted by molar-refractivity contribution is -0.155. The number of aliphatic hydroxyl groups is 2. The molecule has 0 unspecified atom stereocenters. The second-order valence-electron chi connectivity index (χ2n) is 7.47. The van der Waals surface area contributed by atoms with Gasteiger partial charge in [-0.1, -0.05) is 36.9 Å². The smallest absolute Gasteiger partial charge is 0.347 e. The summed E-state index contributed by atoms with van der Waals surface area (Å²) >= 11 is 1.27. The quantitative estimate of drug-likeness (QED) is 0.600. The molecule has 1 aromatic rings. The Morgan fingerprint density at radius 2 is 1.81 bits per heavy atom. The average molecular weight is 376 g/mol. The van der Waals surface area contributed by atoms with Crippen molar-refractivity contribution in [3.05, 3.63) is 41.7 Å². The van der Waals surface area contributed by atoms with Crippen LogP contribution in [0.3, 0.4) is 0 Å². The van der Waals surface area contributed by atoms with Crippen LogP contribution in [0, 0.1) is 5.41 Å². The maximum absolute atomic E-state index is 13.1. The number of rotatable bonds is 2. The molecule has 1 aliphatic carbocycles. The van der Waals surface area contributed by atoms with E-state index in [-0.39, 0.29) is 30.0 Å². The van der Waals surface area contributed by atoms with Gasteiger partial charge in [0.1, 0.15) is 17.8 Å². The zero-order valence-corrected chi connectivity index (χ0v) is 15.3. The highest BCUT2D eigenvalue weighted by atomic mass is 32.2. The summed E-state index contributed by atoms with van der Waals surface area (Å²) in [6.07, 6.45) is -2.64. The van der Waals surface area contributed by atoms with Gasteiger partial charge in [0.25, 0.3) is 0 Å². The van der Waals surface area contributed by atoms with Gasteiger partial charge in [-0.3, -0.25) is 4.79 Å². The third kappa shape index (κ3) is 2.57. The number of carbonyl (C=O) groups excluding carboxylic acids is 2. The largest absolute Gasteiger partial charge is 0.486 e. The number of ketones is 1. The molecular weight excluding hydrogens is 356 g/mol. The first kappa shape index (κ1) is 17.6. The number of hydrogen-bond donors (Lipinski definition) is 2. The van der Waals surface area contributed by atoms with Crippen LogP contribution in [0.25, 0.3) is 0 Å². The Hall–Kier alpha value is -1.83. The van der Waals surface area contributed by atoms with Crippen LogP contribution in [0.4, 0.5) is 0 Å². The number of benzene rings is 1. The van der Waals surface area contributed by atoms with Crippen LogP contribution in [0.1, 0.15) is 26.7 Å². The average Bonchev–Trinajstić information content (AvgIpc) is 2.75. The number of Topliss-reactive ketones (excluding diaryl/α,β-unsaturated/α-hetero) is 1. The Morgan fingerprint density at radius 1 is 1.12 bits per heavy atom. The lowest BCUT2D eigenvalue weighted by Crippen LogP contribution is -2.51. The van der Waals surface area contributed by atoms with Gasteiger partial charge in [0, 0.05) is 10.3 Å². The van der Waals surface area contributed by atoms with E-state index in [4.69, 9.17) is 9.47 Å². The predicted octanol–water partition coefficient (Wildman–Crippen LogP) is 1.80. The number of aliphatic hydroxyl groups excluding tert-OH is 2. The third-order valence-electron chi connectivity index (χ3n) is 5.32. The summed E-state index contributed by atoms with van der Waals surface area (Å²) in [4.78, 5) is 25.3. The lowest BCUT2D eigenvalue weighted by atomic mass is 9.68. The predicted molar refractivity (Wildman–Crippen MR) is 93.1 cm³/mol. The van der Waals surface area contributed by atoms with Crippen molar-refractivity contribution in [3.63, 3.8) is 0 Å². The van der Waals surface area contributed by atoms with Gasteiger partial charge in [-0.05, 0) is 31.9 Å². The number of thioether (sulfide) groups is 1. The first-order valence-corrected chi connectivity index (χ1v) is 9.35. The van der Waals surface area contributed by atoms with E-state index in [2.05, 4.69) is 0 Å². The molecule has 6 nitrogen and oxygen atoms in total. The number of esters is 1. The molecule has 1 fully saturated rings. The molecule has 2 aliphatic heterocycles. The second-order valence-corrected chi connectivity index (χ2v) is 8.92. The summed E-state index contributed by atoms with van der Waals surface area (Å²) in [5, 5.41) is 20.5. The fourth-order valence-electron chi connectivity index (χ4n) is 3.96. The highest BCUT2D eigenvalue weighted by Crippen LogP contribution is 2.52. The SMILES string of the molecule is C[C@]12C[C@H](OC3=C(C(=O)O[C@@]3(C)Sc3ccccc3)C1=O)[C@@H](O)[C@@H](O)C2. The van der Waals surface area contributed by atoms with Crippen molar-refractivity contribution in [1.82, 2.24) is 0 Å². The van der Waals surface area contributed by atoms with E-state index in [0.717, 1.165) is 4.90 Å². The minimum absolute atomic E-state index is 0.0828. The fraction of sp³-hybridized carbons (Fsp3) is 0.474. The highest BCUT2D eigenvalue weighted by Gasteiger charge is 2.59. The van der Waals surface area contributed by atoms with Crippen molar-refractivity contribution in [1.29, 1.82) is 0 Å². The molecular formula is C19H20O6S. The molecule has 1 saturated carbocycles. The Labute approximate surface area is 155 Å². The molecule has 2 bridgehead atoms. The first-order valence-electron chi connectivity index (χ1n) is 8.53. The second kappa shape index (κ2) is 5.84. The maximum atomic E-state index is 13.1.